The molecule has 1 aromatic heterocycles. The van der Waals surface area contributed by atoms with Crippen LogP contribution in [-0.4, -0.2) is 47.4 Å². The standard InChI is InChI=1S/C16H27ClN2O3S/c1-11(20)10-19(15(21)22-16(3,4)5)9-8-18-12(2)13-6-7-14(17)23-13/h6-7,11-12,18,20H,8-10H2,1-5H3. The highest BCUT2D eigenvalue weighted by Gasteiger charge is 2.23. The van der Waals surface area contributed by atoms with Crippen molar-refractivity contribution in [2.75, 3.05) is 19.6 Å². The number of aliphatic hydroxyl groups excluding tert-OH is 1. The fourth-order valence-electron chi connectivity index (χ4n) is 1.98. The van der Waals surface area contributed by atoms with E-state index in [9.17, 15) is 9.90 Å². The normalized spacial score (nSPS) is 14.4. The highest BCUT2D eigenvalue weighted by atomic mass is 35.5. The largest absolute Gasteiger partial charge is 0.444 e. The van der Waals surface area contributed by atoms with Crippen molar-refractivity contribution in [3.05, 3.63) is 21.3 Å². The third kappa shape index (κ3) is 8.01. The van der Waals surface area contributed by atoms with E-state index < -0.39 is 17.8 Å². The molecule has 0 aliphatic heterocycles. The average Bonchev–Trinajstić information content (AvgIpc) is 2.81. The summed E-state index contributed by atoms with van der Waals surface area (Å²) < 4.78 is 6.14. The fourth-order valence-corrected chi connectivity index (χ4v) is 3.07. The lowest BCUT2D eigenvalue weighted by Crippen LogP contribution is -2.43. The van der Waals surface area contributed by atoms with Gasteiger partial charge in [0.15, 0.2) is 0 Å². The molecular formula is C16H27ClN2O3S. The van der Waals surface area contributed by atoms with E-state index in [2.05, 4.69) is 12.2 Å². The Bertz CT molecular complexity index is 500. The number of ether oxygens (including phenoxy) is 1. The molecule has 0 spiro atoms. The molecule has 7 heteroatoms. The zero-order chi connectivity index (χ0) is 17.6. The first kappa shape index (κ1) is 20.2. The number of hydrogen-bond acceptors (Lipinski definition) is 5. The second kappa shape index (κ2) is 8.87. The maximum Gasteiger partial charge on any atom is 0.410 e. The second-order valence-electron chi connectivity index (χ2n) is 6.59. The Kier molecular flexibility index (Phi) is 7.80. The zero-order valence-electron chi connectivity index (χ0n) is 14.4. The molecule has 23 heavy (non-hydrogen) atoms. The molecule has 2 N–H and O–H groups in total. The zero-order valence-corrected chi connectivity index (χ0v) is 16.0. The molecule has 1 aromatic rings. The van der Waals surface area contributed by atoms with Gasteiger partial charge in [-0.05, 0) is 46.8 Å². The van der Waals surface area contributed by atoms with Crippen molar-refractivity contribution in [2.45, 2.75) is 52.4 Å². The average molecular weight is 363 g/mol. The Morgan fingerprint density at radius 1 is 1.43 bits per heavy atom. The molecule has 1 amide bonds. The van der Waals surface area contributed by atoms with E-state index in [0.29, 0.717) is 13.1 Å². The van der Waals surface area contributed by atoms with Gasteiger partial charge in [-0.15, -0.1) is 11.3 Å². The number of nitrogens with zero attached hydrogens (tertiary/aromatic N) is 1. The summed E-state index contributed by atoms with van der Waals surface area (Å²) in [7, 11) is 0. The smallest absolute Gasteiger partial charge is 0.410 e. The summed E-state index contributed by atoms with van der Waals surface area (Å²) in [5.41, 5.74) is -0.553. The van der Waals surface area contributed by atoms with E-state index in [0.717, 1.165) is 9.21 Å². The summed E-state index contributed by atoms with van der Waals surface area (Å²) in [5.74, 6) is 0. The topological polar surface area (TPSA) is 61.8 Å². The van der Waals surface area contributed by atoms with E-state index in [-0.39, 0.29) is 12.6 Å². The Hall–Kier alpha value is -0.820. The molecule has 1 heterocycles. The van der Waals surface area contributed by atoms with Gasteiger partial charge in [0.25, 0.3) is 0 Å². The van der Waals surface area contributed by atoms with Gasteiger partial charge in [-0.25, -0.2) is 4.79 Å². The molecule has 0 fully saturated rings. The summed E-state index contributed by atoms with van der Waals surface area (Å²) in [5, 5.41) is 12.9. The summed E-state index contributed by atoms with van der Waals surface area (Å²) in [6.07, 6.45) is -1.01. The van der Waals surface area contributed by atoms with Crippen LogP contribution in [-0.2, 0) is 4.74 Å². The monoisotopic (exact) mass is 362 g/mol. The molecule has 5 nitrogen and oxygen atoms in total. The number of carbonyl (C=O) groups excluding carboxylic acids is 1. The van der Waals surface area contributed by atoms with Crippen LogP contribution in [0.25, 0.3) is 0 Å². The Morgan fingerprint density at radius 2 is 2.09 bits per heavy atom. The number of aliphatic hydroxyl groups is 1. The quantitative estimate of drug-likeness (QED) is 0.776. The molecule has 0 saturated heterocycles. The van der Waals surface area contributed by atoms with Crippen molar-refractivity contribution in [3.8, 4) is 0 Å². The van der Waals surface area contributed by atoms with Crippen molar-refractivity contribution in [2.24, 2.45) is 0 Å². The van der Waals surface area contributed by atoms with Crippen LogP contribution in [0.1, 0.15) is 45.5 Å². The van der Waals surface area contributed by atoms with E-state index in [1.807, 2.05) is 32.9 Å². The van der Waals surface area contributed by atoms with Crippen LogP contribution in [0.4, 0.5) is 4.79 Å². The van der Waals surface area contributed by atoms with Crippen molar-refractivity contribution in [1.82, 2.24) is 10.2 Å². The van der Waals surface area contributed by atoms with Gasteiger partial charge in [-0.2, -0.15) is 0 Å². The molecule has 2 unspecified atom stereocenters. The van der Waals surface area contributed by atoms with Crippen LogP contribution in [0.5, 0.6) is 0 Å². The molecule has 0 aliphatic rings. The number of halogens is 1. The van der Waals surface area contributed by atoms with Crippen LogP contribution >= 0.6 is 22.9 Å². The third-order valence-electron chi connectivity index (χ3n) is 2.99. The molecular weight excluding hydrogens is 336 g/mol. The first-order chi connectivity index (χ1) is 10.6. The summed E-state index contributed by atoms with van der Waals surface area (Å²) in [6, 6.07) is 4.02. The predicted molar refractivity (Wildman–Crippen MR) is 95.2 cm³/mol. The number of hydrogen-bond donors (Lipinski definition) is 2. The van der Waals surface area contributed by atoms with Gasteiger partial charge in [0.1, 0.15) is 5.60 Å². The van der Waals surface area contributed by atoms with Gasteiger partial charge in [0.2, 0.25) is 0 Å². The number of carbonyl (C=O) groups is 1. The number of thiophene rings is 1. The molecule has 0 aromatic carbocycles. The molecule has 0 aliphatic carbocycles. The van der Waals surface area contributed by atoms with Crippen LogP contribution in [0.3, 0.4) is 0 Å². The van der Waals surface area contributed by atoms with Crippen molar-refractivity contribution in [1.29, 1.82) is 0 Å². The van der Waals surface area contributed by atoms with Gasteiger partial charge in [-0.1, -0.05) is 11.6 Å². The van der Waals surface area contributed by atoms with Gasteiger partial charge in [0.05, 0.1) is 10.4 Å². The van der Waals surface area contributed by atoms with E-state index >= 15 is 0 Å². The molecule has 0 radical (unpaired) electrons. The van der Waals surface area contributed by atoms with Crippen molar-refractivity contribution >= 4 is 29.0 Å². The van der Waals surface area contributed by atoms with Crippen LogP contribution in [0.15, 0.2) is 12.1 Å². The maximum atomic E-state index is 12.2. The minimum Gasteiger partial charge on any atom is -0.444 e. The molecule has 0 bridgehead atoms. The van der Waals surface area contributed by atoms with Gasteiger partial charge >= 0.3 is 6.09 Å². The predicted octanol–water partition coefficient (Wildman–Crippen LogP) is 3.67. The highest BCUT2D eigenvalue weighted by Crippen LogP contribution is 2.26. The number of amides is 1. The van der Waals surface area contributed by atoms with Gasteiger partial charge in [-0.3, -0.25) is 0 Å². The molecule has 0 saturated carbocycles. The fraction of sp³-hybridized carbons (Fsp3) is 0.688. The van der Waals surface area contributed by atoms with Crippen LogP contribution < -0.4 is 5.32 Å². The lowest BCUT2D eigenvalue weighted by molar-refractivity contribution is 0.0163. The Balaban J connectivity index is 2.52. The van der Waals surface area contributed by atoms with E-state index in [1.54, 1.807) is 6.92 Å². The molecule has 1 rings (SSSR count). The van der Waals surface area contributed by atoms with Gasteiger partial charge < -0.3 is 20.1 Å². The van der Waals surface area contributed by atoms with Crippen molar-refractivity contribution < 1.29 is 14.6 Å². The lowest BCUT2D eigenvalue weighted by Gasteiger charge is -2.28. The molecule has 132 valence electrons. The first-order valence-corrected chi connectivity index (χ1v) is 8.92. The summed E-state index contributed by atoms with van der Waals surface area (Å²) >= 11 is 7.48. The second-order valence-corrected chi connectivity index (χ2v) is 8.34. The third-order valence-corrected chi connectivity index (χ3v) is 4.40. The first-order valence-electron chi connectivity index (χ1n) is 7.73. The minimum atomic E-state index is -0.601. The maximum absolute atomic E-state index is 12.2. The SMILES string of the molecule is CC(O)CN(CCNC(C)c1ccc(Cl)s1)C(=O)OC(C)(C)C. The summed E-state index contributed by atoms with van der Waals surface area (Å²) in [4.78, 5) is 14.9. The van der Waals surface area contributed by atoms with Crippen molar-refractivity contribution in [3.63, 3.8) is 0 Å². The number of nitrogens with one attached hydrogen (secondary N) is 1. The molecule has 2 atom stereocenters. The lowest BCUT2D eigenvalue weighted by atomic mass is 10.2. The number of rotatable bonds is 7. The Morgan fingerprint density at radius 3 is 2.57 bits per heavy atom. The van der Waals surface area contributed by atoms with Crippen LogP contribution in [0, 0.1) is 0 Å². The Labute approximate surface area is 147 Å². The van der Waals surface area contributed by atoms with Crippen LogP contribution in [0.2, 0.25) is 4.34 Å². The highest BCUT2D eigenvalue weighted by molar-refractivity contribution is 7.16. The van der Waals surface area contributed by atoms with E-state index in [4.69, 9.17) is 16.3 Å². The summed E-state index contributed by atoms with van der Waals surface area (Å²) in [6.45, 7) is 10.5. The van der Waals surface area contributed by atoms with Gasteiger partial charge in [0, 0.05) is 30.6 Å². The van der Waals surface area contributed by atoms with E-state index in [1.165, 1.54) is 16.2 Å². The minimum absolute atomic E-state index is 0.152.